The van der Waals surface area contributed by atoms with Gasteiger partial charge < -0.3 is 5.32 Å². The lowest BCUT2D eigenvalue weighted by Crippen LogP contribution is -2.18. The number of rotatable bonds is 2. The Morgan fingerprint density at radius 1 is 1.47 bits per heavy atom. The Hall–Kier alpha value is -0.570. The molecule has 1 fully saturated rings. The Morgan fingerprint density at radius 3 is 2.87 bits per heavy atom. The summed E-state index contributed by atoms with van der Waals surface area (Å²) in [6, 6.07) is 6.57. The quantitative estimate of drug-likeness (QED) is 0.825. The number of nitrogens with one attached hydrogen (secondary N) is 1. The van der Waals surface area contributed by atoms with Gasteiger partial charge in [0.05, 0.1) is 0 Å². The first-order valence-electron chi connectivity index (χ1n) is 5.44. The van der Waals surface area contributed by atoms with E-state index in [1.54, 1.807) is 0 Å². The van der Waals surface area contributed by atoms with Crippen LogP contribution in [0.25, 0.3) is 0 Å². The van der Waals surface area contributed by atoms with E-state index in [0.29, 0.717) is 11.5 Å². The van der Waals surface area contributed by atoms with Crippen LogP contribution in [-0.4, -0.2) is 11.0 Å². The number of hydrogen-bond donors (Lipinski definition) is 1. The molecule has 2 rings (SSSR count). The van der Waals surface area contributed by atoms with Crippen molar-refractivity contribution in [2.75, 3.05) is 5.32 Å². The molecule has 0 saturated heterocycles. The second-order valence-corrected chi connectivity index (χ2v) is 5.91. The first-order chi connectivity index (χ1) is 7.05. The summed E-state index contributed by atoms with van der Waals surface area (Å²) in [5, 5.41) is 3.50. The van der Waals surface area contributed by atoms with Crippen molar-refractivity contribution >= 4 is 21.7 Å². The minimum atomic E-state index is 0.490. The molecule has 0 bridgehead atoms. The van der Waals surface area contributed by atoms with E-state index in [0.717, 1.165) is 10.4 Å². The highest BCUT2D eigenvalue weighted by atomic mass is 79.9. The van der Waals surface area contributed by atoms with Gasteiger partial charge in [0.15, 0.2) is 0 Å². The summed E-state index contributed by atoms with van der Waals surface area (Å²) < 4.78 is 0.893. The highest BCUT2D eigenvalue weighted by molar-refractivity contribution is 9.10. The predicted octanol–water partition coefficient (Wildman–Crippen LogP) is 3.83. The monoisotopic (exact) mass is 268 g/mol. The van der Waals surface area contributed by atoms with Crippen LogP contribution in [0.1, 0.15) is 33.1 Å². The highest BCUT2D eigenvalue weighted by Crippen LogP contribution is 2.38. The van der Waals surface area contributed by atoms with Crippen molar-refractivity contribution in [2.45, 2.75) is 39.2 Å². The molecule has 0 aliphatic heterocycles. The van der Waals surface area contributed by atoms with Crippen molar-refractivity contribution in [2.24, 2.45) is 5.41 Å². The van der Waals surface area contributed by atoms with Crippen LogP contribution in [-0.2, 0) is 0 Å². The molecule has 0 amide bonds. The second kappa shape index (κ2) is 4.12. The van der Waals surface area contributed by atoms with Gasteiger partial charge in [0.1, 0.15) is 10.4 Å². The first-order valence-corrected chi connectivity index (χ1v) is 6.24. The van der Waals surface area contributed by atoms with Gasteiger partial charge in [0.25, 0.3) is 0 Å². The third-order valence-corrected chi connectivity index (χ3v) is 3.48. The Morgan fingerprint density at radius 2 is 2.27 bits per heavy atom. The Bertz CT molecular complexity index is 349. The standard InChI is InChI=1S/C12H17BrN2/c1-12(2)7-6-9(8-12)14-11-5-3-4-10(13)15-11/h3-5,9H,6-8H2,1-2H3,(H,14,15). The molecule has 3 heteroatoms. The summed E-state index contributed by atoms with van der Waals surface area (Å²) in [6.07, 6.45) is 3.79. The van der Waals surface area contributed by atoms with Crippen LogP contribution in [0.15, 0.2) is 22.8 Å². The van der Waals surface area contributed by atoms with Crippen LogP contribution in [0, 0.1) is 5.41 Å². The van der Waals surface area contributed by atoms with Crippen LogP contribution in [0.5, 0.6) is 0 Å². The molecule has 1 aliphatic rings. The highest BCUT2D eigenvalue weighted by Gasteiger charge is 2.30. The van der Waals surface area contributed by atoms with Crippen molar-refractivity contribution in [3.63, 3.8) is 0 Å². The molecule has 1 aromatic rings. The number of aromatic nitrogens is 1. The maximum atomic E-state index is 4.39. The number of halogens is 1. The molecular formula is C12H17BrN2. The molecule has 2 nitrogen and oxygen atoms in total. The van der Waals surface area contributed by atoms with E-state index in [1.807, 2.05) is 18.2 Å². The van der Waals surface area contributed by atoms with E-state index >= 15 is 0 Å². The van der Waals surface area contributed by atoms with Gasteiger partial charge in [-0.15, -0.1) is 0 Å². The smallest absolute Gasteiger partial charge is 0.127 e. The molecule has 1 unspecified atom stereocenters. The van der Waals surface area contributed by atoms with Crippen LogP contribution in [0.4, 0.5) is 5.82 Å². The predicted molar refractivity (Wildman–Crippen MR) is 67.0 cm³/mol. The maximum absolute atomic E-state index is 4.39. The molecule has 0 spiro atoms. The van der Waals surface area contributed by atoms with Crippen LogP contribution < -0.4 is 5.32 Å². The molecular weight excluding hydrogens is 252 g/mol. The summed E-state index contributed by atoms with van der Waals surface area (Å²) in [5.41, 5.74) is 0.490. The Balaban J connectivity index is 1.99. The van der Waals surface area contributed by atoms with Gasteiger partial charge >= 0.3 is 0 Å². The molecule has 82 valence electrons. The SMILES string of the molecule is CC1(C)CCC(Nc2cccc(Br)n2)C1. The molecule has 1 heterocycles. The van der Waals surface area contributed by atoms with E-state index in [9.17, 15) is 0 Å². The van der Waals surface area contributed by atoms with Gasteiger partial charge in [-0.2, -0.15) is 0 Å². The zero-order chi connectivity index (χ0) is 10.9. The normalized spacial score (nSPS) is 24.1. The molecule has 1 aromatic heterocycles. The Labute approximate surface area is 99.6 Å². The minimum Gasteiger partial charge on any atom is -0.367 e. The molecule has 0 aromatic carbocycles. The zero-order valence-corrected chi connectivity index (χ0v) is 10.8. The minimum absolute atomic E-state index is 0.490. The molecule has 1 atom stereocenters. The third-order valence-electron chi connectivity index (χ3n) is 3.04. The van der Waals surface area contributed by atoms with E-state index in [2.05, 4.69) is 40.1 Å². The summed E-state index contributed by atoms with van der Waals surface area (Å²) in [7, 11) is 0. The fourth-order valence-electron chi connectivity index (χ4n) is 2.26. The van der Waals surface area contributed by atoms with Crippen LogP contribution >= 0.6 is 15.9 Å². The molecule has 15 heavy (non-hydrogen) atoms. The van der Waals surface area contributed by atoms with E-state index in [-0.39, 0.29) is 0 Å². The average Bonchev–Trinajstić information content (AvgIpc) is 2.45. The number of hydrogen-bond acceptors (Lipinski definition) is 2. The van der Waals surface area contributed by atoms with Crippen molar-refractivity contribution in [3.8, 4) is 0 Å². The van der Waals surface area contributed by atoms with E-state index in [4.69, 9.17) is 0 Å². The number of nitrogens with zero attached hydrogens (tertiary/aromatic N) is 1. The summed E-state index contributed by atoms with van der Waals surface area (Å²) >= 11 is 3.38. The largest absolute Gasteiger partial charge is 0.367 e. The van der Waals surface area contributed by atoms with Crippen LogP contribution in [0.3, 0.4) is 0 Å². The molecule has 1 N–H and O–H groups in total. The number of anilines is 1. The summed E-state index contributed by atoms with van der Waals surface area (Å²) in [4.78, 5) is 4.39. The van der Waals surface area contributed by atoms with Crippen molar-refractivity contribution in [1.82, 2.24) is 4.98 Å². The lowest BCUT2D eigenvalue weighted by Gasteiger charge is -2.18. The van der Waals surface area contributed by atoms with Gasteiger partial charge in [-0.3, -0.25) is 0 Å². The molecule has 0 radical (unpaired) electrons. The summed E-state index contributed by atoms with van der Waals surface area (Å²) in [6.45, 7) is 4.67. The van der Waals surface area contributed by atoms with E-state index < -0.39 is 0 Å². The second-order valence-electron chi connectivity index (χ2n) is 5.09. The van der Waals surface area contributed by atoms with Gasteiger partial charge in [-0.1, -0.05) is 19.9 Å². The molecule has 1 aliphatic carbocycles. The summed E-state index contributed by atoms with van der Waals surface area (Å²) in [5.74, 6) is 0.979. The average molecular weight is 269 g/mol. The first kappa shape index (κ1) is 10.9. The van der Waals surface area contributed by atoms with Crippen molar-refractivity contribution in [1.29, 1.82) is 0 Å². The van der Waals surface area contributed by atoms with Gasteiger partial charge in [0.2, 0.25) is 0 Å². The van der Waals surface area contributed by atoms with E-state index in [1.165, 1.54) is 19.3 Å². The lowest BCUT2D eigenvalue weighted by molar-refractivity contribution is 0.378. The third kappa shape index (κ3) is 2.94. The lowest BCUT2D eigenvalue weighted by atomic mass is 9.92. The fraction of sp³-hybridized carbons (Fsp3) is 0.583. The topological polar surface area (TPSA) is 24.9 Å². The van der Waals surface area contributed by atoms with Gasteiger partial charge in [-0.25, -0.2) is 4.98 Å². The fourth-order valence-corrected chi connectivity index (χ4v) is 2.60. The van der Waals surface area contributed by atoms with Crippen molar-refractivity contribution < 1.29 is 0 Å². The maximum Gasteiger partial charge on any atom is 0.127 e. The zero-order valence-electron chi connectivity index (χ0n) is 9.26. The van der Waals surface area contributed by atoms with Crippen molar-refractivity contribution in [3.05, 3.63) is 22.8 Å². The Kier molecular flexibility index (Phi) is 3.01. The molecule has 1 saturated carbocycles. The van der Waals surface area contributed by atoms with Crippen LogP contribution in [0.2, 0.25) is 0 Å². The van der Waals surface area contributed by atoms with Gasteiger partial charge in [0, 0.05) is 6.04 Å². The number of pyridine rings is 1. The van der Waals surface area contributed by atoms with Gasteiger partial charge in [-0.05, 0) is 52.7 Å².